The number of nitrogens with one attached hydrogen (secondary N) is 1. The van der Waals surface area contributed by atoms with Gasteiger partial charge in [0, 0.05) is 17.0 Å². The van der Waals surface area contributed by atoms with Gasteiger partial charge in [-0.25, -0.2) is 9.67 Å². The van der Waals surface area contributed by atoms with Crippen molar-refractivity contribution in [3.63, 3.8) is 0 Å². The van der Waals surface area contributed by atoms with Crippen LogP contribution in [0, 0.1) is 0 Å². The van der Waals surface area contributed by atoms with Crippen LogP contribution in [-0.2, 0) is 22.7 Å². The van der Waals surface area contributed by atoms with E-state index in [1.807, 2.05) is 60.0 Å². The maximum Gasteiger partial charge on any atom is 0.251 e. The van der Waals surface area contributed by atoms with E-state index in [2.05, 4.69) is 15.6 Å². The lowest BCUT2D eigenvalue weighted by molar-refractivity contribution is -0.140. The van der Waals surface area contributed by atoms with E-state index in [-0.39, 0.29) is 19.0 Å². The van der Waals surface area contributed by atoms with Gasteiger partial charge in [-0.1, -0.05) is 59.8 Å². The molecule has 12 heteroatoms. The molecule has 0 unspecified atom stereocenters. The number of anilines is 1. The summed E-state index contributed by atoms with van der Waals surface area (Å²) in [6.07, 6.45) is 0. The summed E-state index contributed by atoms with van der Waals surface area (Å²) in [6.45, 7) is -0.0873. The number of para-hydroxylation sites is 1. The molecule has 1 atom stereocenters. The van der Waals surface area contributed by atoms with Crippen LogP contribution < -0.4 is 19.5 Å². The summed E-state index contributed by atoms with van der Waals surface area (Å²) in [5.74, 6) is 0.793. The number of carbonyl (C=O) groups is 2. The second kappa shape index (κ2) is 14.1. The third-order valence-electron chi connectivity index (χ3n) is 7.61. The molecule has 1 N–H and O–H groups in total. The number of benzene rings is 4. The van der Waals surface area contributed by atoms with Crippen molar-refractivity contribution in [1.29, 1.82) is 0 Å². The van der Waals surface area contributed by atoms with E-state index < -0.39 is 11.9 Å². The van der Waals surface area contributed by atoms with Gasteiger partial charge in [-0.2, -0.15) is 0 Å². The van der Waals surface area contributed by atoms with Gasteiger partial charge in [0.15, 0.2) is 0 Å². The number of amides is 2. The summed E-state index contributed by atoms with van der Waals surface area (Å²) in [7, 11) is 4.63. The van der Waals surface area contributed by atoms with Crippen LogP contribution in [0.2, 0.25) is 0 Å². The van der Waals surface area contributed by atoms with E-state index >= 15 is 0 Å². The molecule has 0 fully saturated rings. The predicted octanol–water partition coefficient (Wildman–Crippen LogP) is 5.99. The Morgan fingerprint density at radius 1 is 0.872 bits per heavy atom. The highest BCUT2D eigenvalue weighted by molar-refractivity contribution is 7.09. The Bertz CT molecular complexity index is 1990. The Kier molecular flexibility index (Phi) is 9.39. The van der Waals surface area contributed by atoms with Crippen LogP contribution in [0.5, 0.6) is 17.2 Å². The van der Waals surface area contributed by atoms with Crippen LogP contribution in [0.15, 0.2) is 102 Å². The largest absolute Gasteiger partial charge is 0.497 e. The Morgan fingerprint density at radius 3 is 2.34 bits per heavy atom. The minimum Gasteiger partial charge on any atom is -0.497 e. The first-order chi connectivity index (χ1) is 23.0. The van der Waals surface area contributed by atoms with Crippen molar-refractivity contribution in [1.82, 2.24) is 24.9 Å². The van der Waals surface area contributed by atoms with Crippen molar-refractivity contribution in [2.45, 2.75) is 19.1 Å². The lowest BCUT2D eigenvalue weighted by Gasteiger charge is -2.31. The lowest BCUT2D eigenvalue weighted by atomic mass is 10.0. The zero-order valence-electron chi connectivity index (χ0n) is 26.0. The number of hydrogen-bond donors (Lipinski definition) is 1. The average Bonchev–Trinajstić information content (AvgIpc) is 3.76. The fraction of sp³-hybridized carbons (Fsp3) is 0.171. The molecule has 47 heavy (non-hydrogen) atoms. The number of hydrogen-bond acceptors (Lipinski definition) is 9. The molecule has 0 aliphatic rings. The Hall–Kier alpha value is -5.75. The molecular weight excluding hydrogens is 616 g/mol. The smallest absolute Gasteiger partial charge is 0.251 e. The molecule has 2 aromatic heterocycles. The third kappa shape index (κ3) is 6.92. The SMILES string of the molecule is COc1ccc([C@@H](C(=O)Nc2ccc(OC)cc2OC)N(Cc2nc(-c3ccccc3)cs2)C(=O)Cn2nnc3ccccc32)cc1. The van der Waals surface area contributed by atoms with E-state index in [4.69, 9.17) is 19.2 Å². The number of nitrogens with zero attached hydrogens (tertiary/aromatic N) is 5. The van der Waals surface area contributed by atoms with E-state index in [9.17, 15) is 9.59 Å². The minimum atomic E-state index is -1.07. The highest BCUT2D eigenvalue weighted by Gasteiger charge is 2.33. The number of thiazole rings is 1. The molecule has 0 saturated heterocycles. The molecular formula is C35H32N6O5S. The van der Waals surface area contributed by atoms with Crippen molar-refractivity contribution < 1.29 is 23.8 Å². The monoisotopic (exact) mass is 648 g/mol. The van der Waals surface area contributed by atoms with Crippen LogP contribution in [0.1, 0.15) is 16.6 Å². The number of ether oxygens (including phenoxy) is 3. The molecule has 0 radical (unpaired) electrons. The number of aromatic nitrogens is 4. The lowest BCUT2D eigenvalue weighted by Crippen LogP contribution is -2.42. The molecule has 238 valence electrons. The summed E-state index contributed by atoms with van der Waals surface area (Å²) in [4.78, 5) is 35.2. The molecule has 2 amide bonds. The zero-order valence-corrected chi connectivity index (χ0v) is 26.8. The maximum atomic E-state index is 14.4. The van der Waals surface area contributed by atoms with Gasteiger partial charge in [-0.3, -0.25) is 9.59 Å². The van der Waals surface area contributed by atoms with Crippen LogP contribution in [0.25, 0.3) is 22.3 Å². The van der Waals surface area contributed by atoms with Gasteiger partial charge >= 0.3 is 0 Å². The van der Waals surface area contributed by atoms with E-state index in [0.29, 0.717) is 44.5 Å². The molecule has 0 spiro atoms. The molecule has 2 heterocycles. The van der Waals surface area contributed by atoms with Gasteiger partial charge in [0.05, 0.1) is 44.8 Å². The normalized spacial score (nSPS) is 11.6. The summed E-state index contributed by atoms with van der Waals surface area (Å²) in [5, 5.41) is 14.0. The van der Waals surface area contributed by atoms with Gasteiger partial charge in [0.25, 0.3) is 5.91 Å². The number of rotatable bonds is 12. The first kappa shape index (κ1) is 31.2. The summed E-state index contributed by atoms with van der Waals surface area (Å²) in [5.41, 5.74) is 4.11. The van der Waals surface area contributed by atoms with Crippen LogP contribution >= 0.6 is 11.3 Å². The van der Waals surface area contributed by atoms with E-state index in [0.717, 1.165) is 11.3 Å². The number of carbonyl (C=O) groups excluding carboxylic acids is 2. The quantitative estimate of drug-likeness (QED) is 0.172. The van der Waals surface area contributed by atoms with E-state index in [1.165, 1.54) is 28.0 Å². The van der Waals surface area contributed by atoms with Crippen LogP contribution in [0.4, 0.5) is 5.69 Å². The molecule has 0 aliphatic carbocycles. The molecule has 0 saturated carbocycles. The second-order valence-corrected chi connectivity index (χ2v) is 11.4. The van der Waals surface area contributed by atoms with Gasteiger partial charge in [0.2, 0.25) is 5.91 Å². The maximum absolute atomic E-state index is 14.4. The Balaban J connectivity index is 1.41. The average molecular weight is 649 g/mol. The van der Waals surface area contributed by atoms with Gasteiger partial charge < -0.3 is 24.4 Å². The summed E-state index contributed by atoms with van der Waals surface area (Å²) >= 11 is 1.42. The van der Waals surface area contributed by atoms with Crippen molar-refractivity contribution in [2.24, 2.45) is 0 Å². The fourth-order valence-corrected chi connectivity index (χ4v) is 6.01. The summed E-state index contributed by atoms with van der Waals surface area (Å²) in [6, 6.07) is 28.3. The van der Waals surface area contributed by atoms with E-state index in [1.54, 1.807) is 56.7 Å². The predicted molar refractivity (Wildman–Crippen MR) is 180 cm³/mol. The van der Waals surface area contributed by atoms with Crippen LogP contribution in [0.3, 0.4) is 0 Å². The minimum absolute atomic E-state index is 0.0623. The topological polar surface area (TPSA) is 121 Å². The van der Waals surface area contributed by atoms with Gasteiger partial charge in [-0.05, 0) is 42.0 Å². The Labute approximate surface area is 275 Å². The first-order valence-corrected chi connectivity index (χ1v) is 15.6. The number of fused-ring (bicyclic) bond motifs is 1. The first-order valence-electron chi connectivity index (χ1n) is 14.7. The van der Waals surface area contributed by atoms with Crippen molar-refractivity contribution in [3.8, 4) is 28.5 Å². The zero-order chi connectivity index (χ0) is 32.8. The Morgan fingerprint density at radius 2 is 1.60 bits per heavy atom. The molecule has 0 aliphatic heterocycles. The van der Waals surface area contributed by atoms with Gasteiger partial charge in [-0.15, -0.1) is 16.4 Å². The molecule has 0 bridgehead atoms. The van der Waals surface area contributed by atoms with Crippen molar-refractivity contribution >= 4 is 39.9 Å². The molecule has 6 rings (SSSR count). The van der Waals surface area contributed by atoms with Crippen LogP contribution in [-0.4, -0.2) is 58.0 Å². The van der Waals surface area contributed by atoms with Gasteiger partial charge in [0.1, 0.15) is 40.4 Å². The van der Waals surface area contributed by atoms with Crippen molar-refractivity contribution in [3.05, 3.63) is 113 Å². The fourth-order valence-electron chi connectivity index (χ4n) is 5.21. The highest BCUT2D eigenvalue weighted by Crippen LogP contribution is 2.33. The standard InChI is InChI=1S/C35H32N6O5S/c1-44-25-15-13-24(14-16-25)34(35(43)37-28-18-17-26(45-2)19-31(28)46-3)40(20-32-36-29(22-47-32)23-9-5-4-6-10-23)33(42)21-41-30-12-8-7-11-27(30)38-39-41/h4-19,22,34H,20-21H2,1-3H3,(H,37,43)/t34-/m0/s1. The summed E-state index contributed by atoms with van der Waals surface area (Å²) < 4.78 is 17.8. The highest BCUT2D eigenvalue weighted by atomic mass is 32.1. The third-order valence-corrected chi connectivity index (χ3v) is 8.44. The molecule has 6 aromatic rings. The van der Waals surface area contributed by atoms with Crippen molar-refractivity contribution in [2.75, 3.05) is 26.6 Å². The molecule has 4 aromatic carbocycles. The second-order valence-electron chi connectivity index (χ2n) is 10.5. The molecule has 11 nitrogen and oxygen atoms in total. The number of methoxy groups -OCH3 is 3.